The second-order valence-electron chi connectivity index (χ2n) is 9.68. The summed E-state index contributed by atoms with van der Waals surface area (Å²) in [6.07, 6.45) is 5.71. The minimum atomic E-state index is -1.04. The van der Waals surface area contributed by atoms with E-state index < -0.39 is 11.2 Å². The number of aryl methyl sites for hydroxylation is 2. The fraction of sp³-hybridized carbons (Fsp3) is 0.500. The summed E-state index contributed by atoms with van der Waals surface area (Å²) >= 11 is 0. The summed E-state index contributed by atoms with van der Waals surface area (Å²) in [5.74, 6) is 8.61. The number of aliphatic hydroxyl groups is 1. The van der Waals surface area contributed by atoms with Crippen molar-refractivity contribution in [3.63, 3.8) is 0 Å². The maximum absolute atomic E-state index is 11.7. The van der Waals surface area contributed by atoms with E-state index in [0.717, 1.165) is 32.1 Å². The van der Waals surface area contributed by atoms with Gasteiger partial charge in [-0.1, -0.05) is 24.8 Å². The number of phenolic OH excluding ortho intramolecular Hbond substituents is 1. The van der Waals surface area contributed by atoms with Crippen molar-refractivity contribution in [2.45, 2.75) is 63.9 Å². The van der Waals surface area contributed by atoms with Crippen LogP contribution in [0.3, 0.4) is 0 Å². The Hall–Kier alpha value is -2.51. The van der Waals surface area contributed by atoms with E-state index in [1.165, 1.54) is 17.2 Å². The highest BCUT2D eigenvalue weighted by molar-refractivity contribution is 5.42. The molecule has 2 aromatic rings. The second-order valence-corrected chi connectivity index (χ2v) is 9.68. The van der Waals surface area contributed by atoms with E-state index in [9.17, 15) is 15.0 Å². The van der Waals surface area contributed by atoms with Gasteiger partial charge in [0.05, 0.1) is 0 Å². The Morgan fingerprint density at radius 3 is 2.77 bits per heavy atom. The molecule has 1 aromatic heterocycles. The SMILES string of the molecule is Cc1cc(C#C[C@]2(O)CC[C@H]3[C@@H]4CCc5cc(O)ccc5[C@H]4CC[C@@]32C)cc(=O)o1. The molecule has 3 aliphatic carbocycles. The molecule has 2 saturated carbocycles. The molecule has 0 aliphatic heterocycles. The number of phenols is 1. The Morgan fingerprint density at radius 2 is 1.97 bits per heavy atom. The molecule has 5 rings (SSSR count). The lowest BCUT2D eigenvalue weighted by Crippen LogP contribution is -2.50. The largest absolute Gasteiger partial charge is 0.508 e. The molecule has 1 heterocycles. The van der Waals surface area contributed by atoms with Crippen molar-refractivity contribution in [1.82, 2.24) is 0 Å². The summed E-state index contributed by atoms with van der Waals surface area (Å²) in [4.78, 5) is 11.6. The quantitative estimate of drug-likeness (QED) is 0.643. The zero-order chi connectivity index (χ0) is 21.1. The topological polar surface area (TPSA) is 70.7 Å². The Labute approximate surface area is 176 Å². The number of hydrogen-bond donors (Lipinski definition) is 2. The predicted octanol–water partition coefficient (Wildman–Crippen LogP) is 4.29. The van der Waals surface area contributed by atoms with E-state index in [-0.39, 0.29) is 5.41 Å². The van der Waals surface area contributed by atoms with E-state index in [4.69, 9.17) is 4.42 Å². The molecular formula is C26H28O4. The summed E-state index contributed by atoms with van der Waals surface area (Å²) in [7, 11) is 0. The van der Waals surface area contributed by atoms with E-state index >= 15 is 0 Å². The molecule has 3 aliphatic rings. The van der Waals surface area contributed by atoms with Crippen LogP contribution in [-0.2, 0) is 6.42 Å². The van der Waals surface area contributed by atoms with Crippen molar-refractivity contribution < 1.29 is 14.6 Å². The first kappa shape index (κ1) is 19.5. The number of benzene rings is 1. The molecule has 30 heavy (non-hydrogen) atoms. The smallest absolute Gasteiger partial charge is 0.337 e. The van der Waals surface area contributed by atoms with E-state index in [1.807, 2.05) is 12.1 Å². The van der Waals surface area contributed by atoms with Crippen LogP contribution in [0.5, 0.6) is 5.75 Å². The molecule has 0 amide bonds. The highest BCUT2D eigenvalue weighted by atomic mass is 16.4. The molecule has 0 unspecified atom stereocenters. The van der Waals surface area contributed by atoms with Gasteiger partial charge in [-0.15, -0.1) is 0 Å². The fourth-order valence-corrected chi connectivity index (χ4v) is 6.64. The van der Waals surface area contributed by atoms with Gasteiger partial charge in [-0.25, -0.2) is 4.79 Å². The highest BCUT2D eigenvalue weighted by Gasteiger charge is 2.61. The van der Waals surface area contributed by atoms with Crippen LogP contribution in [0, 0.1) is 36.0 Å². The maximum atomic E-state index is 11.7. The average molecular weight is 405 g/mol. The molecule has 5 atom stereocenters. The van der Waals surface area contributed by atoms with Crippen molar-refractivity contribution in [2.75, 3.05) is 0 Å². The third-order valence-corrected chi connectivity index (χ3v) is 8.17. The highest BCUT2D eigenvalue weighted by Crippen LogP contribution is 2.64. The lowest BCUT2D eigenvalue weighted by atomic mass is 9.53. The van der Waals surface area contributed by atoms with Gasteiger partial charge >= 0.3 is 5.63 Å². The summed E-state index contributed by atoms with van der Waals surface area (Å²) in [6.45, 7) is 3.95. The van der Waals surface area contributed by atoms with E-state index in [2.05, 4.69) is 24.8 Å². The summed E-state index contributed by atoms with van der Waals surface area (Å²) < 4.78 is 5.01. The van der Waals surface area contributed by atoms with E-state index in [0.29, 0.717) is 41.2 Å². The third kappa shape index (κ3) is 2.91. The Kier molecular flexibility index (Phi) is 4.38. The van der Waals surface area contributed by atoms with Gasteiger partial charge in [0.25, 0.3) is 0 Å². The van der Waals surface area contributed by atoms with Crippen molar-refractivity contribution in [3.05, 3.63) is 63.2 Å². The summed E-state index contributed by atoms with van der Waals surface area (Å²) in [5.41, 5.74) is 1.58. The Bertz CT molecular complexity index is 1120. The van der Waals surface area contributed by atoms with Crippen molar-refractivity contribution in [2.24, 2.45) is 17.3 Å². The van der Waals surface area contributed by atoms with Gasteiger partial charge in [-0.3, -0.25) is 0 Å². The predicted molar refractivity (Wildman–Crippen MR) is 114 cm³/mol. The number of fused-ring (bicyclic) bond motifs is 5. The first-order valence-corrected chi connectivity index (χ1v) is 11.0. The maximum Gasteiger partial charge on any atom is 0.337 e. The minimum Gasteiger partial charge on any atom is -0.508 e. The molecule has 2 fully saturated rings. The Balaban J connectivity index is 1.46. The van der Waals surface area contributed by atoms with Gasteiger partial charge in [-0.05, 0) is 92.5 Å². The van der Waals surface area contributed by atoms with Crippen LogP contribution in [0.25, 0.3) is 0 Å². The van der Waals surface area contributed by atoms with Crippen molar-refractivity contribution in [1.29, 1.82) is 0 Å². The first-order valence-electron chi connectivity index (χ1n) is 11.0. The number of aromatic hydroxyl groups is 1. The van der Waals surface area contributed by atoms with E-state index in [1.54, 1.807) is 13.0 Å². The van der Waals surface area contributed by atoms with Gasteiger partial charge in [0.1, 0.15) is 17.1 Å². The molecule has 0 saturated heterocycles. The first-order chi connectivity index (χ1) is 14.3. The van der Waals surface area contributed by atoms with Gasteiger partial charge < -0.3 is 14.6 Å². The molecular weight excluding hydrogens is 376 g/mol. The standard InChI is InChI=1S/C26H28O4/c1-16-13-17(14-24(28)30-16)7-11-26(29)12-9-23-22-5-3-18-15-19(27)4-6-20(18)21(22)8-10-25(23,26)2/h4,6,13-15,21-23,27,29H,3,5,8-10,12H2,1-2H3/t21-,22-,23+,25+,26+/m1/s1. The molecule has 0 spiro atoms. The van der Waals surface area contributed by atoms with Crippen LogP contribution in [0.15, 0.2) is 39.5 Å². The zero-order valence-electron chi connectivity index (χ0n) is 17.6. The number of hydrogen-bond acceptors (Lipinski definition) is 4. The van der Waals surface area contributed by atoms with Crippen LogP contribution >= 0.6 is 0 Å². The molecule has 4 heteroatoms. The van der Waals surface area contributed by atoms with Crippen LogP contribution in [0.4, 0.5) is 0 Å². The van der Waals surface area contributed by atoms with Gasteiger partial charge in [0, 0.05) is 17.0 Å². The molecule has 0 bridgehead atoms. The monoisotopic (exact) mass is 404 g/mol. The zero-order valence-corrected chi connectivity index (χ0v) is 17.6. The average Bonchev–Trinajstić information content (AvgIpc) is 2.97. The lowest BCUT2D eigenvalue weighted by Gasteiger charge is -2.52. The minimum absolute atomic E-state index is 0.246. The number of rotatable bonds is 0. The fourth-order valence-electron chi connectivity index (χ4n) is 6.64. The molecule has 0 radical (unpaired) electrons. The molecule has 1 aromatic carbocycles. The van der Waals surface area contributed by atoms with Crippen LogP contribution in [0.1, 0.15) is 67.4 Å². The van der Waals surface area contributed by atoms with Crippen molar-refractivity contribution in [3.8, 4) is 17.6 Å². The third-order valence-electron chi connectivity index (χ3n) is 8.17. The molecule has 2 N–H and O–H groups in total. The Morgan fingerprint density at radius 1 is 1.13 bits per heavy atom. The molecule has 4 nitrogen and oxygen atoms in total. The molecule has 156 valence electrons. The van der Waals surface area contributed by atoms with Crippen molar-refractivity contribution >= 4 is 0 Å². The van der Waals surface area contributed by atoms with Crippen LogP contribution < -0.4 is 5.63 Å². The van der Waals surface area contributed by atoms with Gasteiger partial charge in [0.2, 0.25) is 0 Å². The summed E-state index contributed by atoms with van der Waals surface area (Å²) in [6, 6.07) is 8.98. The van der Waals surface area contributed by atoms with Gasteiger partial charge in [0.15, 0.2) is 0 Å². The second kappa shape index (κ2) is 6.75. The normalized spacial score (nSPS) is 34.3. The lowest BCUT2D eigenvalue weighted by molar-refractivity contribution is -0.0647. The summed E-state index contributed by atoms with van der Waals surface area (Å²) in [5, 5.41) is 21.5. The van der Waals surface area contributed by atoms with Gasteiger partial charge in [-0.2, -0.15) is 0 Å². The van der Waals surface area contributed by atoms with Crippen LogP contribution in [0.2, 0.25) is 0 Å². The van der Waals surface area contributed by atoms with Crippen LogP contribution in [-0.4, -0.2) is 15.8 Å².